The van der Waals surface area contributed by atoms with Crippen LogP contribution in [-0.2, 0) is 0 Å². The fourth-order valence-corrected chi connectivity index (χ4v) is 1.61. The smallest absolute Gasteiger partial charge is 0.137 e. The summed E-state index contributed by atoms with van der Waals surface area (Å²) in [6.07, 6.45) is 3.31. The normalized spacial score (nSPS) is 12.6. The van der Waals surface area contributed by atoms with Crippen LogP contribution in [0.4, 0.5) is 0 Å². The van der Waals surface area contributed by atoms with E-state index in [4.69, 9.17) is 0 Å². The van der Waals surface area contributed by atoms with E-state index >= 15 is 0 Å². The molecule has 1 N–H and O–H groups in total. The Morgan fingerprint density at radius 3 is 2.73 bits per heavy atom. The maximum absolute atomic E-state index is 4.18. The van der Waals surface area contributed by atoms with Crippen molar-refractivity contribution in [2.75, 3.05) is 13.6 Å². The Hall–Kier alpha value is -1.68. The molecule has 1 heterocycles. The molecule has 4 nitrogen and oxygen atoms in total. The Kier molecular flexibility index (Phi) is 3.09. The fourth-order valence-electron chi connectivity index (χ4n) is 1.61. The van der Waals surface area contributed by atoms with E-state index in [1.54, 1.807) is 12.7 Å². The largest absolute Gasteiger partial charge is 0.317 e. The molecule has 0 spiro atoms. The van der Waals surface area contributed by atoms with Crippen molar-refractivity contribution in [3.63, 3.8) is 0 Å². The van der Waals surface area contributed by atoms with Gasteiger partial charge in [0.15, 0.2) is 0 Å². The average molecular weight is 202 g/mol. The summed E-state index contributed by atoms with van der Waals surface area (Å²) in [6.45, 7) is 0.841. The second-order valence-corrected chi connectivity index (χ2v) is 3.36. The zero-order valence-corrected chi connectivity index (χ0v) is 8.67. The van der Waals surface area contributed by atoms with Crippen LogP contribution in [0.2, 0.25) is 0 Å². The minimum absolute atomic E-state index is 0.207. The summed E-state index contributed by atoms with van der Waals surface area (Å²) in [4.78, 5) is 3.97. The summed E-state index contributed by atoms with van der Waals surface area (Å²) < 4.78 is 1.87. The molecule has 0 bridgehead atoms. The molecule has 1 atom stereocenters. The molecule has 4 heteroatoms. The molecule has 0 aliphatic carbocycles. The highest BCUT2D eigenvalue weighted by Crippen LogP contribution is 2.15. The topological polar surface area (TPSA) is 42.7 Å². The standard InChI is InChI=1S/C11H14N4/c1-12-7-11(15-9-13-8-14-15)10-5-3-2-4-6-10/h2-6,8-9,11-12H,7H2,1H3. The summed E-state index contributed by atoms with van der Waals surface area (Å²) in [7, 11) is 1.94. The lowest BCUT2D eigenvalue weighted by Crippen LogP contribution is -2.23. The van der Waals surface area contributed by atoms with Gasteiger partial charge in [0, 0.05) is 6.54 Å². The highest BCUT2D eigenvalue weighted by molar-refractivity contribution is 5.19. The number of rotatable bonds is 4. The van der Waals surface area contributed by atoms with Crippen LogP contribution in [0.3, 0.4) is 0 Å². The molecule has 1 aromatic heterocycles. The van der Waals surface area contributed by atoms with E-state index in [1.165, 1.54) is 5.56 Å². The second-order valence-electron chi connectivity index (χ2n) is 3.36. The number of hydrogen-bond acceptors (Lipinski definition) is 3. The molecule has 0 aliphatic rings. The van der Waals surface area contributed by atoms with Crippen molar-refractivity contribution >= 4 is 0 Å². The minimum atomic E-state index is 0.207. The van der Waals surface area contributed by atoms with Gasteiger partial charge in [0.2, 0.25) is 0 Å². The molecule has 1 aromatic carbocycles. The third kappa shape index (κ3) is 2.22. The monoisotopic (exact) mass is 202 g/mol. The molecule has 2 aromatic rings. The Labute approximate surface area is 89.0 Å². The van der Waals surface area contributed by atoms with Gasteiger partial charge in [-0.1, -0.05) is 30.3 Å². The van der Waals surface area contributed by atoms with Gasteiger partial charge in [0.1, 0.15) is 12.7 Å². The van der Waals surface area contributed by atoms with Gasteiger partial charge in [-0.2, -0.15) is 5.10 Å². The van der Waals surface area contributed by atoms with Crippen LogP contribution in [0.25, 0.3) is 0 Å². The molecule has 0 fully saturated rings. The predicted molar refractivity (Wildman–Crippen MR) is 58.5 cm³/mol. The first-order chi connectivity index (χ1) is 7.42. The second kappa shape index (κ2) is 4.70. The molecule has 78 valence electrons. The summed E-state index contributed by atoms with van der Waals surface area (Å²) in [5, 5.41) is 7.34. The Morgan fingerprint density at radius 2 is 2.13 bits per heavy atom. The average Bonchev–Trinajstić information content (AvgIpc) is 2.80. The third-order valence-electron chi connectivity index (χ3n) is 2.34. The number of aromatic nitrogens is 3. The van der Waals surface area contributed by atoms with Gasteiger partial charge >= 0.3 is 0 Å². The van der Waals surface area contributed by atoms with Crippen molar-refractivity contribution in [2.24, 2.45) is 0 Å². The van der Waals surface area contributed by atoms with Crippen LogP contribution in [0.15, 0.2) is 43.0 Å². The molecular formula is C11H14N4. The Morgan fingerprint density at radius 1 is 1.33 bits per heavy atom. The number of nitrogens with one attached hydrogen (secondary N) is 1. The van der Waals surface area contributed by atoms with Gasteiger partial charge in [0.25, 0.3) is 0 Å². The Balaban J connectivity index is 2.28. The SMILES string of the molecule is CNCC(c1ccccc1)n1cncn1. The van der Waals surface area contributed by atoms with Gasteiger partial charge in [-0.15, -0.1) is 0 Å². The Bertz CT molecular complexity index is 382. The first kappa shape index (κ1) is 9.86. The lowest BCUT2D eigenvalue weighted by atomic mass is 10.1. The molecule has 0 radical (unpaired) electrons. The highest BCUT2D eigenvalue weighted by Gasteiger charge is 2.12. The molecule has 2 rings (SSSR count). The van der Waals surface area contributed by atoms with E-state index in [2.05, 4.69) is 27.5 Å². The minimum Gasteiger partial charge on any atom is -0.317 e. The molecular weight excluding hydrogens is 188 g/mol. The zero-order chi connectivity index (χ0) is 10.5. The first-order valence-electron chi connectivity index (χ1n) is 4.95. The van der Waals surface area contributed by atoms with Gasteiger partial charge < -0.3 is 5.32 Å². The number of likely N-dealkylation sites (N-methyl/N-ethyl adjacent to an activating group) is 1. The van der Waals surface area contributed by atoms with Crippen LogP contribution < -0.4 is 5.32 Å². The van der Waals surface area contributed by atoms with Crippen molar-refractivity contribution in [1.82, 2.24) is 20.1 Å². The summed E-state index contributed by atoms with van der Waals surface area (Å²) >= 11 is 0. The van der Waals surface area contributed by atoms with Gasteiger partial charge in [-0.05, 0) is 12.6 Å². The lowest BCUT2D eigenvalue weighted by Gasteiger charge is -2.16. The van der Waals surface area contributed by atoms with E-state index in [9.17, 15) is 0 Å². The number of hydrogen-bond donors (Lipinski definition) is 1. The van der Waals surface area contributed by atoms with Crippen molar-refractivity contribution in [1.29, 1.82) is 0 Å². The van der Waals surface area contributed by atoms with Gasteiger partial charge in [-0.25, -0.2) is 9.67 Å². The highest BCUT2D eigenvalue weighted by atomic mass is 15.3. The summed E-state index contributed by atoms with van der Waals surface area (Å²) in [5.74, 6) is 0. The van der Waals surface area contributed by atoms with Crippen LogP contribution in [-0.4, -0.2) is 28.4 Å². The maximum atomic E-state index is 4.18. The first-order valence-corrected chi connectivity index (χ1v) is 4.95. The molecule has 0 saturated carbocycles. The molecule has 0 saturated heterocycles. The van der Waals surface area contributed by atoms with Gasteiger partial charge in [0.05, 0.1) is 6.04 Å². The third-order valence-corrected chi connectivity index (χ3v) is 2.34. The quantitative estimate of drug-likeness (QED) is 0.807. The molecule has 0 amide bonds. The molecule has 1 unspecified atom stereocenters. The molecule has 15 heavy (non-hydrogen) atoms. The van der Waals surface area contributed by atoms with Crippen molar-refractivity contribution in [2.45, 2.75) is 6.04 Å². The number of benzene rings is 1. The van der Waals surface area contributed by atoms with Gasteiger partial charge in [-0.3, -0.25) is 0 Å². The van der Waals surface area contributed by atoms with Crippen LogP contribution in [0.5, 0.6) is 0 Å². The predicted octanol–water partition coefficient (Wildman–Crippen LogP) is 1.09. The van der Waals surface area contributed by atoms with Crippen LogP contribution in [0.1, 0.15) is 11.6 Å². The van der Waals surface area contributed by atoms with Crippen molar-refractivity contribution < 1.29 is 0 Å². The van der Waals surface area contributed by atoms with E-state index in [1.807, 2.05) is 29.9 Å². The number of nitrogens with zero attached hydrogens (tertiary/aromatic N) is 3. The van der Waals surface area contributed by atoms with Crippen LogP contribution >= 0.6 is 0 Å². The van der Waals surface area contributed by atoms with Crippen molar-refractivity contribution in [3.8, 4) is 0 Å². The summed E-state index contributed by atoms with van der Waals surface area (Å²) in [6, 6.07) is 10.5. The van der Waals surface area contributed by atoms with E-state index in [0.29, 0.717) is 0 Å². The fraction of sp³-hybridized carbons (Fsp3) is 0.273. The van der Waals surface area contributed by atoms with Crippen LogP contribution in [0, 0.1) is 0 Å². The summed E-state index contributed by atoms with van der Waals surface area (Å²) in [5.41, 5.74) is 1.23. The van der Waals surface area contributed by atoms with E-state index in [0.717, 1.165) is 6.54 Å². The zero-order valence-electron chi connectivity index (χ0n) is 8.67. The maximum Gasteiger partial charge on any atom is 0.137 e. The molecule has 0 aliphatic heterocycles. The van der Waals surface area contributed by atoms with E-state index in [-0.39, 0.29) is 6.04 Å². The van der Waals surface area contributed by atoms with Crippen molar-refractivity contribution in [3.05, 3.63) is 48.5 Å². The lowest BCUT2D eigenvalue weighted by molar-refractivity contribution is 0.498. The van der Waals surface area contributed by atoms with E-state index < -0.39 is 0 Å².